The zero-order valence-electron chi connectivity index (χ0n) is 11.4. The molecule has 1 aromatic carbocycles. The van der Waals surface area contributed by atoms with Crippen molar-refractivity contribution in [2.24, 2.45) is 5.73 Å². The highest BCUT2D eigenvalue weighted by Crippen LogP contribution is 2.10. The molecule has 2 rings (SSSR count). The zero-order chi connectivity index (χ0) is 12.8. The van der Waals surface area contributed by atoms with Crippen LogP contribution < -0.4 is 5.73 Å². The van der Waals surface area contributed by atoms with Crippen molar-refractivity contribution in [3.05, 3.63) is 35.9 Å². The molecule has 1 aliphatic heterocycles. The molecule has 1 saturated heterocycles. The first-order chi connectivity index (χ1) is 8.79. The molecule has 100 valence electrons. The van der Waals surface area contributed by atoms with E-state index in [0.717, 1.165) is 19.6 Å². The molecule has 0 bridgehead atoms. The second kappa shape index (κ2) is 6.88. The van der Waals surface area contributed by atoms with Crippen LogP contribution in [0.5, 0.6) is 0 Å². The molecular formula is C15H25N3. The summed E-state index contributed by atoms with van der Waals surface area (Å²) >= 11 is 0. The van der Waals surface area contributed by atoms with Gasteiger partial charge in [0.2, 0.25) is 0 Å². The molecule has 0 aliphatic carbocycles. The van der Waals surface area contributed by atoms with Crippen LogP contribution in [0.25, 0.3) is 0 Å². The molecule has 18 heavy (non-hydrogen) atoms. The second-order valence-electron chi connectivity index (χ2n) is 5.28. The Labute approximate surface area is 111 Å². The lowest BCUT2D eigenvalue weighted by Crippen LogP contribution is -2.54. The first-order valence-corrected chi connectivity index (χ1v) is 6.96. The molecule has 1 aromatic rings. The van der Waals surface area contributed by atoms with E-state index < -0.39 is 0 Å². The van der Waals surface area contributed by atoms with Gasteiger partial charge in [-0.2, -0.15) is 0 Å². The number of nitrogens with two attached hydrogens (primary N) is 1. The van der Waals surface area contributed by atoms with Crippen molar-refractivity contribution < 1.29 is 0 Å². The van der Waals surface area contributed by atoms with Crippen LogP contribution in [0, 0.1) is 0 Å². The fourth-order valence-corrected chi connectivity index (χ4v) is 2.70. The van der Waals surface area contributed by atoms with E-state index in [4.69, 9.17) is 5.73 Å². The molecule has 1 atom stereocenters. The predicted molar refractivity (Wildman–Crippen MR) is 76.7 cm³/mol. The Kier molecular flexibility index (Phi) is 5.17. The fraction of sp³-hybridized carbons (Fsp3) is 0.600. The SMILES string of the molecule is CN1CCN(CCCc2ccccc2)C(CN)C1. The predicted octanol–water partition coefficient (Wildman–Crippen LogP) is 1.19. The van der Waals surface area contributed by atoms with Crippen LogP contribution in [0.3, 0.4) is 0 Å². The zero-order valence-corrected chi connectivity index (χ0v) is 11.4. The number of hydrogen-bond acceptors (Lipinski definition) is 3. The lowest BCUT2D eigenvalue weighted by molar-refractivity contribution is 0.0935. The molecule has 3 heteroatoms. The number of nitrogens with zero attached hydrogens (tertiary/aromatic N) is 2. The molecule has 1 heterocycles. The lowest BCUT2D eigenvalue weighted by atomic mass is 10.1. The largest absolute Gasteiger partial charge is 0.329 e. The number of piperazine rings is 1. The minimum absolute atomic E-state index is 0.541. The first-order valence-electron chi connectivity index (χ1n) is 6.96. The Balaban J connectivity index is 1.75. The molecular weight excluding hydrogens is 222 g/mol. The number of aryl methyl sites for hydroxylation is 1. The van der Waals surface area contributed by atoms with Gasteiger partial charge < -0.3 is 10.6 Å². The van der Waals surface area contributed by atoms with Gasteiger partial charge in [-0.05, 0) is 32.0 Å². The van der Waals surface area contributed by atoms with Gasteiger partial charge in [-0.15, -0.1) is 0 Å². The third kappa shape index (κ3) is 3.80. The maximum Gasteiger partial charge on any atom is 0.0346 e. The molecule has 0 radical (unpaired) electrons. The highest BCUT2D eigenvalue weighted by Gasteiger charge is 2.23. The Morgan fingerprint density at radius 3 is 2.72 bits per heavy atom. The second-order valence-corrected chi connectivity index (χ2v) is 5.28. The van der Waals surface area contributed by atoms with Gasteiger partial charge in [0.25, 0.3) is 0 Å². The summed E-state index contributed by atoms with van der Waals surface area (Å²) in [6.07, 6.45) is 2.40. The standard InChI is InChI=1S/C15H25N3/c1-17-10-11-18(15(12-16)13-17)9-5-8-14-6-3-2-4-7-14/h2-4,6-7,15H,5,8-13,16H2,1H3. The van der Waals surface area contributed by atoms with Crippen molar-refractivity contribution in [2.75, 3.05) is 39.8 Å². The van der Waals surface area contributed by atoms with Crippen molar-refractivity contribution in [1.29, 1.82) is 0 Å². The minimum atomic E-state index is 0.541. The van der Waals surface area contributed by atoms with E-state index in [1.807, 2.05) is 0 Å². The van der Waals surface area contributed by atoms with Crippen LogP contribution in [0.2, 0.25) is 0 Å². The Bertz CT molecular complexity index is 339. The molecule has 0 spiro atoms. The highest BCUT2D eigenvalue weighted by atomic mass is 15.3. The Morgan fingerprint density at radius 1 is 1.22 bits per heavy atom. The van der Waals surface area contributed by atoms with Gasteiger partial charge in [-0.25, -0.2) is 0 Å². The smallest absolute Gasteiger partial charge is 0.0346 e. The van der Waals surface area contributed by atoms with Gasteiger partial charge in [0, 0.05) is 32.2 Å². The summed E-state index contributed by atoms with van der Waals surface area (Å²) in [4.78, 5) is 4.94. The van der Waals surface area contributed by atoms with Crippen molar-refractivity contribution in [3.8, 4) is 0 Å². The fourth-order valence-electron chi connectivity index (χ4n) is 2.70. The summed E-state index contributed by atoms with van der Waals surface area (Å²) in [5.74, 6) is 0. The van der Waals surface area contributed by atoms with Crippen LogP contribution in [0.15, 0.2) is 30.3 Å². The van der Waals surface area contributed by atoms with Crippen molar-refractivity contribution in [2.45, 2.75) is 18.9 Å². The van der Waals surface area contributed by atoms with E-state index in [1.54, 1.807) is 0 Å². The Morgan fingerprint density at radius 2 is 2.00 bits per heavy atom. The lowest BCUT2D eigenvalue weighted by Gasteiger charge is -2.39. The summed E-state index contributed by atoms with van der Waals surface area (Å²) in [5.41, 5.74) is 7.31. The maximum absolute atomic E-state index is 5.87. The van der Waals surface area contributed by atoms with Gasteiger partial charge >= 0.3 is 0 Å². The van der Waals surface area contributed by atoms with E-state index >= 15 is 0 Å². The van der Waals surface area contributed by atoms with Crippen LogP contribution >= 0.6 is 0 Å². The van der Waals surface area contributed by atoms with Crippen molar-refractivity contribution >= 4 is 0 Å². The van der Waals surface area contributed by atoms with Crippen molar-refractivity contribution in [1.82, 2.24) is 9.80 Å². The van der Waals surface area contributed by atoms with E-state index in [1.165, 1.54) is 31.5 Å². The molecule has 0 saturated carbocycles. The van der Waals surface area contributed by atoms with E-state index in [0.29, 0.717) is 6.04 Å². The number of rotatable bonds is 5. The average molecular weight is 247 g/mol. The summed E-state index contributed by atoms with van der Waals surface area (Å²) in [6, 6.07) is 11.3. The monoisotopic (exact) mass is 247 g/mol. The summed E-state index contributed by atoms with van der Waals surface area (Å²) in [5, 5.41) is 0. The molecule has 0 aromatic heterocycles. The topological polar surface area (TPSA) is 32.5 Å². The van der Waals surface area contributed by atoms with Gasteiger partial charge in [0.05, 0.1) is 0 Å². The minimum Gasteiger partial charge on any atom is -0.329 e. The van der Waals surface area contributed by atoms with E-state index in [9.17, 15) is 0 Å². The maximum atomic E-state index is 5.87. The van der Waals surface area contributed by atoms with E-state index in [2.05, 4.69) is 47.2 Å². The van der Waals surface area contributed by atoms with Crippen LogP contribution in [0.1, 0.15) is 12.0 Å². The third-order valence-electron chi connectivity index (χ3n) is 3.83. The van der Waals surface area contributed by atoms with Crippen LogP contribution in [-0.4, -0.2) is 55.6 Å². The average Bonchev–Trinajstić information content (AvgIpc) is 2.41. The van der Waals surface area contributed by atoms with Crippen LogP contribution in [-0.2, 0) is 6.42 Å². The van der Waals surface area contributed by atoms with Crippen LogP contribution in [0.4, 0.5) is 0 Å². The van der Waals surface area contributed by atoms with Gasteiger partial charge in [0.15, 0.2) is 0 Å². The molecule has 1 unspecified atom stereocenters. The molecule has 1 aliphatic rings. The summed E-state index contributed by atoms with van der Waals surface area (Å²) in [7, 11) is 2.18. The number of benzene rings is 1. The van der Waals surface area contributed by atoms with Gasteiger partial charge in [0.1, 0.15) is 0 Å². The quantitative estimate of drug-likeness (QED) is 0.848. The highest BCUT2D eigenvalue weighted by molar-refractivity contribution is 5.14. The molecule has 2 N–H and O–H groups in total. The van der Waals surface area contributed by atoms with Crippen molar-refractivity contribution in [3.63, 3.8) is 0 Å². The third-order valence-corrected chi connectivity index (χ3v) is 3.83. The molecule has 1 fully saturated rings. The summed E-state index contributed by atoms with van der Waals surface area (Å²) in [6.45, 7) is 5.39. The molecule has 0 amide bonds. The molecule has 3 nitrogen and oxygen atoms in total. The van der Waals surface area contributed by atoms with Gasteiger partial charge in [-0.3, -0.25) is 4.90 Å². The normalized spacial score (nSPS) is 22.2. The number of hydrogen-bond donors (Lipinski definition) is 1. The first kappa shape index (κ1) is 13.5. The summed E-state index contributed by atoms with van der Waals surface area (Å²) < 4.78 is 0. The van der Waals surface area contributed by atoms with E-state index in [-0.39, 0.29) is 0 Å². The Hall–Kier alpha value is -0.900. The van der Waals surface area contributed by atoms with Gasteiger partial charge in [-0.1, -0.05) is 30.3 Å². The number of likely N-dealkylation sites (N-methyl/N-ethyl adjacent to an activating group) is 1.